The quantitative estimate of drug-likeness (QED) is 0.748. The fraction of sp³-hybridized carbons (Fsp3) is 0.692. The normalized spacial score (nSPS) is 17.3. The Morgan fingerprint density at radius 3 is 2.94 bits per heavy atom. The molecule has 0 aromatic carbocycles. The van der Waals surface area contributed by atoms with Crippen LogP contribution in [0.5, 0.6) is 0 Å². The van der Waals surface area contributed by atoms with Gasteiger partial charge in [0.15, 0.2) is 0 Å². The average Bonchev–Trinajstić information content (AvgIpc) is 3.08. The molecule has 2 N–H and O–H groups in total. The molecule has 1 fully saturated rings. The molecule has 1 unspecified atom stereocenters. The van der Waals surface area contributed by atoms with Gasteiger partial charge in [-0.1, -0.05) is 11.6 Å². The number of likely N-dealkylation sites (N-methyl/N-ethyl adjacent to an activating group) is 1. The third kappa shape index (κ3) is 4.21. The van der Waals surface area contributed by atoms with Crippen LogP contribution in [0.3, 0.4) is 0 Å². The van der Waals surface area contributed by atoms with Gasteiger partial charge in [0.1, 0.15) is 0 Å². The van der Waals surface area contributed by atoms with Crippen LogP contribution < -0.4 is 5.73 Å². The molecule has 2 rings (SSSR count). The van der Waals surface area contributed by atoms with Crippen LogP contribution in [-0.2, 0) is 4.74 Å². The molecule has 1 saturated carbocycles. The van der Waals surface area contributed by atoms with Gasteiger partial charge in [-0.15, -0.1) is 11.3 Å². The molecular weight excluding hydrogens is 268 g/mol. The number of thiophene rings is 1. The second-order valence-electron chi connectivity index (χ2n) is 4.92. The lowest BCUT2D eigenvalue weighted by molar-refractivity contribution is 0.0927. The molecule has 1 atom stereocenters. The molecule has 0 amide bonds. The minimum absolute atomic E-state index is 0.243. The van der Waals surface area contributed by atoms with Crippen molar-refractivity contribution in [2.24, 2.45) is 11.7 Å². The summed E-state index contributed by atoms with van der Waals surface area (Å²) >= 11 is 7.63. The first-order valence-electron chi connectivity index (χ1n) is 6.42. The zero-order valence-corrected chi connectivity index (χ0v) is 12.3. The standard InChI is InChI=1S/C13H21ClN2OS/c1-16(4-5-17-8-10-2-3-10)12(7-15)13-6-11(14)9-18-13/h6,9-10,12H,2-5,7-8,15H2,1H3. The van der Waals surface area contributed by atoms with E-state index >= 15 is 0 Å². The Balaban J connectivity index is 1.75. The van der Waals surface area contributed by atoms with Crippen molar-refractivity contribution < 1.29 is 4.74 Å². The van der Waals surface area contributed by atoms with Crippen LogP contribution in [0.1, 0.15) is 23.8 Å². The first-order chi connectivity index (χ1) is 8.70. The van der Waals surface area contributed by atoms with E-state index in [9.17, 15) is 0 Å². The SMILES string of the molecule is CN(CCOCC1CC1)C(CN)c1cc(Cl)cs1. The molecule has 0 aliphatic heterocycles. The van der Waals surface area contributed by atoms with Crippen molar-refractivity contribution >= 4 is 22.9 Å². The smallest absolute Gasteiger partial charge is 0.0593 e. The molecule has 5 heteroatoms. The summed E-state index contributed by atoms with van der Waals surface area (Å²) in [6.45, 7) is 3.22. The summed E-state index contributed by atoms with van der Waals surface area (Å²) < 4.78 is 5.66. The fourth-order valence-electron chi connectivity index (χ4n) is 1.92. The number of rotatable bonds is 8. The molecule has 1 aromatic rings. The zero-order chi connectivity index (χ0) is 13.0. The van der Waals surface area contributed by atoms with Crippen LogP contribution in [-0.4, -0.2) is 38.3 Å². The van der Waals surface area contributed by atoms with E-state index in [2.05, 4.69) is 11.9 Å². The highest BCUT2D eigenvalue weighted by Gasteiger charge is 2.21. The van der Waals surface area contributed by atoms with E-state index in [4.69, 9.17) is 22.1 Å². The summed E-state index contributed by atoms with van der Waals surface area (Å²) in [6, 6.07) is 2.25. The van der Waals surface area contributed by atoms with Gasteiger partial charge in [-0.25, -0.2) is 0 Å². The van der Waals surface area contributed by atoms with Crippen molar-refractivity contribution in [2.45, 2.75) is 18.9 Å². The van der Waals surface area contributed by atoms with Crippen LogP contribution in [0.4, 0.5) is 0 Å². The molecule has 18 heavy (non-hydrogen) atoms. The maximum Gasteiger partial charge on any atom is 0.0593 e. The van der Waals surface area contributed by atoms with Crippen LogP contribution in [0.15, 0.2) is 11.4 Å². The molecular formula is C13H21ClN2OS. The summed E-state index contributed by atoms with van der Waals surface area (Å²) in [5.74, 6) is 0.830. The highest BCUT2D eigenvalue weighted by atomic mass is 35.5. The van der Waals surface area contributed by atoms with Gasteiger partial charge in [-0.2, -0.15) is 0 Å². The van der Waals surface area contributed by atoms with E-state index in [1.165, 1.54) is 17.7 Å². The number of halogens is 1. The number of hydrogen-bond acceptors (Lipinski definition) is 4. The lowest BCUT2D eigenvalue weighted by Gasteiger charge is -2.25. The van der Waals surface area contributed by atoms with Gasteiger partial charge in [-0.3, -0.25) is 4.90 Å². The van der Waals surface area contributed by atoms with E-state index < -0.39 is 0 Å². The first-order valence-corrected chi connectivity index (χ1v) is 7.68. The van der Waals surface area contributed by atoms with Gasteiger partial charge in [-0.05, 0) is 31.9 Å². The number of hydrogen-bond donors (Lipinski definition) is 1. The van der Waals surface area contributed by atoms with Gasteiger partial charge >= 0.3 is 0 Å². The largest absolute Gasteiger partial charge is 0.380 e. The van der Waals surface area contributed by atoms with Crippen molar-refractivity contribution in [1.82, 2.24) is 4.90 Å². The first kappa shape index (κ1) is 14.3. The Bertz CT molecular complexity index is 368. The molecule has 0 saturated heterocycles. The van der Waals surface area contributed by atoms with Crippen molar-refractivity contribution in [3.05, 3.63) is 21.3 Å². The van der Waals surface area contributed by atoms with Gasteiger partial charge in [0.25, 0.3) is 0 Å². The zero-order valence-electron chi connectivity index (χ0n) is 10.8. The Morgan fingerprint density at radius 2 is 2.39 bits per heavy atom. The van der Waals surface area contributed by atoms with E-state index in [-0.39, 0.29) is 6.04 Å². The summed E-state index contributed by atoms with van der Waals surface area (Å²) in [6.07, 6.45) is 2.68. The van der Waals surface area contributed by atoms with Crippen molar-refractivity contribution in [3.8, 4) is 0 Å². The van der Waals surface area contributed by atoms with Crippen molar-refractivity contribution in [2.75, 3.05) is 33.4 Å². The van der Waals surface area contributed by atoms with Gasteiger partial charge < -0.3 is 10.5 Å². The molecule has 3 nitrogen and oxygen atoms in total. The molecule has 1 heterocycles. The molecule has 1 aliphatic rings. The predicted molar refractivity (Wildman–Crippen MR) is 77.3 cm³/mol. The van der Waals surface area contributed by atoms with E-state index in [1.807, 2.05) is 11.4 Å². The molecule has 1 aromatic heterocycles. The molecule has 0 spiro atoms. The van der Waals surface area contributed by atoms with Gasteiger partial charge in [0.2, 0.25) is 0 Å². The minimum Gasteiger partial charge on any atom is -0.380 e. The molecule has 0 bridgehead atoms. The average molecular weight is 289 g/mol. The fourth-order valence-corrected chi connectivity index (χ4v) is 3.18. The van der Waals surface area contributed by atoms with E-state index in [0.717, 1.165) is 30.7 Å². The third-order valence-electron chi connectivity index (χ3n) is 3.31. The summed E-state index contributed by atoms with van der Waals surface area (Å²) in [7, 11) is 2.09. The second-order valence-corrected chi connectivity index (χ2v) is 6.30. The molecule has 102 valence electrons. The van der Waals surface area contributed by atoms with Gasteiger partial charge in [0, 0.05) is 30.0 Å². The van der Waals surface area contributed by atoms with E-state index in [0.29, 0.717) is 6.54 Å². The van der Waals surface area contributed by atoms with Crippen LogP contribution in [0, 0.1) is 5.92 Å². The Kier molecular flexibility index (Phi) is 5.45. The van der Waals surface area contributed by atoms with Crippen LogP contribution in [0.2, 0.25) is 5.02 Å². The lowest BCUT2D eigenvalue weighted by Crippen LogP contribution is -2.32. The summed E-state index contributed by atoms with van der Waals surface area (Å²) in [5.41, 5.74) is 5.86. The van der Waals surface area contributed by atoms with Gasteiger partial charge in [0.05, 0.1) is 17.7 Å². The summed E-state index contributed by atoms with van der Waals surface area (Å²) in [4.78, 5) is 3.47. The minimum atomic E-state index is 0.243. The maximum absolute atomic E-state index is 5.96. The van der Waals surface area contributed by atoms with E-state index in [1.54, 1.807) is 11.3 Å². The van der Waals surface area contributed by atoms with Crippen molar-refractivity contribution in [3.63, 3.8) is 0 Å². The topological polar surface area (TPSA) is 38.5 Å². The van der Waals surface area contributed by atoms with Crippen LogP contribution >= 0.6 is 22.9 Å². The van der Waals surface area contributed by atoms with Crippen molar-refractivity contribution in [1.29, 1.82) is 0 Å². The maximum atomic E-state index is 5.96. The lowest BCUT2D eigenvalue weighted by atomic mass is 10.2. The second kappa shape index (κ2) is 6.87. The number of nitrogens with two attached hydrogens (primary N) is 1. The highest BCUT2D eigenvalue weighted by Crippen LogP contribution is 2.29. The third-order valence-corrected chi connectivity index (χ3v) is 4.69. The highest BCUT2D eigenvalue weighted by molar-refractivity contribution is 7.10. The molecule has 0 radical (unpaired) electrons. The monoisotopic (exact) mass is 288 g/mol. The Morgan fingerprint density at radius 1 is 1.61 bits per heavy atom. The number of nitrogens with zero attached hydrogens (tertiary/aromatic N) is 1. The number of ether oxygens (including phenoxy) is 1. The Hall–Kier alpha value is -0.130. The predicted octanol–water partition coefficient (Wildman–Crippen LogP) is 2.76. The molecule has 1 aliphatic carbocycles. The summed E-state index contributed by atoms with van der Waals surface area (Å²) in [5, 5.41) is 2.75. The Labute approximate surface area is 118 Å². The van der Waals surface area contributed by atoms with Crippen LogP contribution in [0.25, 0.3) is 0 Å².